The number of hydrogen-bond donors (Lipinski definition) is 1. The first-order valence-electron chi connectivity index (χ1n) is 3.82. The van der Waals surface area contributed by atoms with E-state index in [0.717, 1.165) is 0 Å². The van der Waals surface area contributed by atoms with Gasteiger partial charge in [0.2, 0.25) is 0 Å². The van der Waals surface area contributed by atoms with Crippen molar-refractivity contribution < 1.29 is 4.74 Å². The number of methoxy groups -OCH3 is 1. The molecule has 0 saturated carbocycles. The molecule has 0 fully saturated rings. The number of hydrogen-bond acceptors (Lipinski definition) is 3. The molecule has 0 bridgehead atoms. The maximum atomic E-state index is 8.36. The summed E-state index contributed by atoms with van der Waals surface area (Å²) in [6.07, 6.45) is 0.550. The third kappa shape index (κ3) is 5.84. The first-order valence-corrected chi connectivity index (χ1v) is 3.82. The number of rotatable bonds is 5. The average molecular weight is 156 g/mol. The molecule has 11 heavy (non-hydrogen) atoms. The van der Waals surface area contributed by atoms with Crippen LogP contribution < -0.4 is 5.32 Å². The van der Waals surface area contributed by atoms with Gasteiger partial charge in [-0.3, -0.25) is 0 Å². The van der Waals surface area contributed by atoms with Crippen molar-refractivity contribution >= 4 is 0 Å². The fourth-order valence-corrected chi connectivity index (χ4v) is 0.980. The SMILES string of the molecule is COCC(C)NC(C)CC#N. The first-order chi connectivity index (χ1) is 5.20. The van der Waals surface area contributed by atoms with Crippen LogP contribution in [-0.4, -0.2) is 25.8 Å². The van der Waals surface area contributed by atoms with Crippen molar-refractivity contribution in [1.29, 1.82) is 5.26 Å². The standard InChI is InChI=1S/C8H16N2O/c1-7(4-5-9)10-8(2)6-11-3/h7-8,10H,4,6H2,1-3H3. The van der Waals surface area contributed by atoms with Gasteiger partial charge in [-0.15, -0.1) is 0 Å². The molecule has 0 aliphatic heterocycles. The summed E-state index contributed by atoms with van der Waals surface area (Å²) in [6.45, 7) is 4.72. The Morgan fingerprint density at radius 2 is 2.09 bits per heavy atom. The van der Waals surface area contributed by atoms with Gasteiger partial charge in [-0.1, -0.05) is 0 Å². The third-order valence-corrected chi connectivity index (χ3v) is 1.38. The van der Waals surface area contributed by atoms with Gasteiger partial charge in [-0.05, 0) is 13.8 Å². The lowest BCUT2D eigenvalue weighted by molar-refractivity contribution is 0.168. The minimum atomic E-state index is 0.255. The van der Waals surface area contributed by atoms with Crippen LogP contribution in [0.25, 0.3) is 0 Å². The van der Waals surface area contributed by atoms with Gasteiger partial charge in [0.15, 0.2) is 0 Å². The van der Waals surface area contributed by atoms with E-state index in [1.165, 1.54) is 0 Å². The normalized spacial score (nSPS) is 15.5. The minimum absolute atomic E-state index is 0.255. The van der Waals surface area contributed by atoms with E-state index in [1.807, 2.05) is 13.8 Å². The molecule has 0 aromatic carbocycles. The van der Waals surface area contributed by atoms with Gasteiger partial charge >= 0.3 is 0 Å². The van der Waals surface area contributed by atoms with Crippen LogP contribution in [0.5, 0.6) is 0 Å². The highest BCUT2D eigenvalue weighted by molar-refractivity contribution is 4.79. The second-order valence-electron chi connectivity index (χ2n) is 2.79. The molecule has 0 radical (unpaired) electrons. The van der Waals surface area contributed by atoms with Crippen LogP contribution in [0, 0.1) is 11.3 Å². The van der Waals surface area contributed by atoms with Gasteiger partial charge < -0.3 is 10.1 Å². The smallest absolute Gasteiger partial charge is 0.0638 e. The van der Waals surface area contributed by atoms with Gasteiger partial charge in [0.25, 0.3) is 0 Å². The van der Waals surface area contributed by atoms with Crippen LogP contribution in [0.15, 0.2) is 0 Å². The monoisotopic (exact) mass is 156 g/mol. The lowest BCUT2D eigenvalue weighted by Crippen LogP contribution is -2.36. The fraction of sp³-hybridized carbons (Fsp3) is 0.875. The highest BCUT2D eigenvalue weighted by atomic mass is 16.5. The molecule has 0 rings (SSSR count). The molecule has 2 atom stereocenters. The molecule has 1 N–H and O–H groups in total. The lowest BCUT2D eigenvalue weighted by atomic mass is 10.2. The Hall–Kier alpha value is -0.590. The average Bonchev–Trinajstić information content (AvgIpc) is 1.87. The third-order valence-electron chi connectivity index (χ3n) is 1.38. The van der Waals surface area contributed by atoms with Gasteiger partial charge in [0.1, 0.15) is 0 Å². The molecular weight excluding hydrogens is 140 g/mol. The maximum absolute atomic E-state index is 8.36. The first kappa shape index (κ1) is 10.4. The van der Waals surface area contributed by atoms with E-state index in [0.29, 0.717) is 19.1 Å². The molecule has 0 aromatic rings. The number of ether oxygens (including phenoxy) is 1. The van der Waals surface area contributed by atoms with E-state index in [1.54, 1.807) is 7.11 Å². The summed E-state index contributed by atoms with van der Waals surface area (Å²) in [7, 11) is 1.67. The fourth-order valence-electron chi connectivity index (χ4n) is 0.980. The van der Waals surface area contributed by atoms with Crippen molar-refractivity contribution in [3.63, 3.8) is 0 Å². The zero-order valence-electron chi connectivity index (χ0n) is 7.42. The van der Waals surface area contributed by atoms with Gasteiger partial charge in [-0.25, -0.2) is 0 Å². The lowest BCUT2D eigenvalue weighted by Gasteiger charge is -2.16. The van der Waals surface area contributed by atoms with E-state index in [-0.39, 0.29) is 6.04 Å². The zero-order valence-corrected chi connectivity index (χ0v) is 7.42. The summed E-state index contributed by atoms with van der Waals surface area (Å²) >= 11 is 0. The Morgan fingerprint density at radius 3 is 2.55 bits per heavy atom. The number of nitriles is 1. The molecule has 64 valence electrons. The highest BCUT2D eigenvalue weighted by Crippen LogP contribution is 1.91. The van der Waals surface area contributed by atoms with E-state index in [4.69, 9.17) is 10.00 Å². The molecule has 0 heterocycles. The van der Waals surface area contributed by atoms with Crippen molar-refractivity contribution in [2.75, 3.05) is 13.7 Å². The Labute approximate surface area is 68.3 Å². The van der Waals surface area contributed by atoms with Crippen LogP contribution in [0.3, 0.4) is 0 Å². The summed E-state index contributed by atoms with van der Waals surface area (Å²) in [5.41, 5.74) is 0. The molecular formula is C8H16N2O. The van der Waals surface area contributed by atoms with Crippen molar-refractivity contribution in [3.05, 3.63) is 0 Å². The molecule has 2 unspecified atom stereocenters. The molecule has 0 aliphatic rings. The summed E-state index contributed by atoms with van der Waals surface area (Å²) < 4.78 is 4.94. The van der Waals surface area contributed by atoms with Crippen molar-refractivity contribution in [2.45, 2.75) is 32.4 Å². The molecule has 3 heteroatoms. The van der Waals surface area contributed by atoms with E-state index in [9.17, 15) is 0 Å². The molecule has 0 spiro atoms. The predicted octanol–water partition coefficient (Wildman–Crippen LogP) is 0.913. The van der Waals surface area contributed by atoms with Crippen LogP contribution >= 0.6 is 0 Å². The Kier molecular flexibility index (Phi) is 5.81. The van der Waals surface area contributed by atoms with E-state index in [2.05, 4.69) is 11.4 Å². The Morgan fingerprint density at radius 1 is 1.45 bits per heavy atom. The number of nitrogens with zero attached hydrogens (tertiary/aromatic N) is 1. The van der Waals surface area contributed by atoms with Crippen LogP contribution in [0.2, 0.25) is 0 Å². The van der Waals surface area contributed by atoms with Crippen LogP contribution in [0.1, 0.15) is 20.3 Å². The van der Waals surface area contributed by atoms with Crippen molar-refractivity contribution in [2.24, 2.45) is 0 Å². The summed E-state index contributed by atoms with van der Waals surface area (Å²) in [5.74, 6) is 0. The topological polar surface area (TPSA) is 45.0 Å². The van der Waals surface area contributed by atoms with E-state index < -0.39 is 0 Å². The molecule has 0 aromatic heterocycles. The van der Waals surface area contributed by atoms with E-state index >= 15 is 0 Å². The zero-order chi connectivity index (χ0) is 8.69. The van der Waals surface area contributed by atoms with Crippen molar-refractivity contribution in [3.8, 4) is 6.07 Å². The largest absolute Gasteiger partial charge is 0.383 e. The van der Waals surface area contributed by atoms with Gasteiger partial charge in [0, 0.05) is 19.2 Å². The van der Waals surface area contributed by atoms with Crippen LogP contribution in [0.4, 0.5) is 0 Å². The van der Waals surface area contributed by atoms with Crippen molar-refractivity contribution in [1.82, 2.24) is 5.32 Å². The van der Waals surface area contributed by atoms with Gasteiger partial charge in [-0.2, -0.15) is 5.26 Å². The second kappa shape index (κ2) is 6.14. The quantitative estimate of drug-likeness (QED) is 0.643. The summed E-state index contributed by atoms with van der Waals surface area (Å²) in [5, 5.41) is 11.6. The maximum Gasteiger partial charge on any atom is 0.0638 e. The minimum Gasteiger partial charge on any atom is -0.383 e. The summed E-state index contributed by atoms with van der Waals surface area (Å²) in [6, 6.07) is 2.69. The summed E-state index contributed by atoms with van der Waals surface area (Å²) in [4.78, 5) is 0. The van der Waals surface area contributed by atoms with Gasteiger partial charge in [0.05, 0.1) is 19.1 Å². The molecule has 0 saturated heterocycles. The van der Waals surface area contributed by atoms with Crippen LogP contribution in [-0.2, 0) is 4.74 Å². The molecule has 3 nitrogen and oxygen atoms in total. The second-order valence-corrected chi connectivity index (χ2v) is 2.79. The highest BCUT2D eigenvalue weighted by Gasteiger charge is 2.05. The Bertz CT molecular complexity index is 131. The Balaban J connectivity index is 3.41. The predicted molar refractivity (Wildman–Crippen MR) is 44.2 cm³/mol. The number of nitrogens with one attached hydrogen (secondary N) is 1. The molecule has 0 amide bonds. The molecule has 0 aliphatic carbocycles.